The molecule has 4 aliphatic carbocycles. The van der Waals surface area contributed by atoms with Crippen LogP contribution in [-0.2, 0) is 35.5 Å². The molecule has 4 aromatic carbocycles. The SMILES string of the molecule is Cl.Cl.[CH2]=[Zr]([C]1=CC(C(C)(C)C)=CC1CC)([C]1=C(C(C)(C)C)c2cc3c(cc2C1(C)C)Cc1cc2c(cc1-3)C(C(C)(C)C)=CC2(C)C)([c]1cccc(Cl)c1)[c]1cccc(Cl)c1. The zero-order chi connectivity index (χ0) is 42.4. The summed E-state index contributed by atoms with van der Waals surface area (Å²) < 4.78 is 11.5. The molecule has 0 saturated heterocycles. The molecule has 0 aliphatic heterocycles. The Hall–Kier alpha value is -2.25. The first-order chi connectivity index (χ1) is 26.7. The van der Waals surface area contributed by atoms with Gasteiger partial charge >= 0.3 is 364 Å². The van der Waals surface area contributed by atoms with Crippen molar-refractivity contribution in [3.05, 3.63) is 147 Å². The Morgan fingerprint density at radius 1 is 0.667 bits per heavy atom. The molecule has 0 saturated carbocycles. The summed E-state index contributed by atoms with van der Waals surface area (Å²) in [7, 11) is 0. The Bertz CT molecular complexity index is 2600. The van der Waals surface area contributed by atoms with E-state index in [0.717, 1.165) is 22.9 Å². The second kappa shape index (κ2) is 14.9. The van der Waals surface area contributed by atoms with E-state index in [1.165, 1.54) is 74.3 Å². The van der Waals surface area contributed by atoms with Crippen LogP contribution in [0.5, 0.6) is 0 Å². The van der Waals surface area contributed by atoms with Gasteiger partial charge in [0.25, 0.3) is 0 Å². The Labute approximate surface area is 385 Å². The second-order valence-electron chi connectivity index (χ2n) is 22.4. The number of hydrogen-bond acceptors (Lipinski definition) is 0. The monoisotopic (exact) mass is 956 g/mol. The molecule has 60 heavy (non-hydrogen) atoms. The van der Waals surface area contributed by atoms with Crippen molar-refractivity contribution >= 4 is 69.9 Å². The minimum atomic E-state index is -5.38. The van der Waals surface area contributed by atoms with E-state index in [2.05, 4.69) is 176 Å². The van der Waals surface area contributed by atoms with Crippen molar-refractivity contribution in [2.24, 2.45) is 22.2 Å². The van der Waals surface area contributed by atoms with Crippen molar-refractivity contribution in [3.8, 4) is 11.1 Å². The van der Waals surface area contributed by atoms with E-state index in [0.29, 0.717) is 0 Å². The summed E-state index contributed by atoms with van der Waals surface area (Å²) in [4.78, 5) is 0. The first-order valence-electron chi connectivity index (χ1n) is 21.6. The Balaban J connectivity index is 0.00000302. The fourth-order valence-electron chi connectivity index (χ4n) is 11.8. The summed E-state index contributed by atoms with van der Waals surface area (Å²) in [5, 5.41) is 1.50. The molecule has 0 fully saturated rings. The predicted molar refractivity (Wildman–Crippen MR) is 268 cm³/mol. The van der Waals surface area contributed by atoms with Crippen molar-refractivity contribution < 1.29 is 18.3 Å². The maximum absolute atomic E-state index is 7.14. The predicted octanol–water partition coefficient (Wildman–Crippen LogP) is 15.8. The van der Waals surface area contributed by atoms with Gasteiger partial charge in [0.15, 0.2) is 0 Å². The topological polar surface area (TPSA) is 0 Å². The fraction of sp³-hybridized carbons (Fsp3) is 0.400. The van der Waals surface area contributed by atoms with Gasteiger partial charge in [0.2, 0.25) is 0 Å². The van der Waals surface area contributed by atoms with Crippen LogP contribution in [0.3, 0.4) is 0 Å². The molecule has 0 spiro atoms. The second-order valence-corrected chi connectivity index (χ2v) is 35.9. The van der Waals surface area contributed by atoms with Crippen LogP contribution in [0.1, 0.15) is 137 Å². The van der Waals surface area contributed by atoms with Crippen molar-refractivity contribution in [2.75, 3.05) is 0 Å². The van der Waals surface area contributed by atoms with Gasteiger partial charge in [0.1, 0.15) is 0 Å². The zero-order valence-electron chi connectivity index (χ0n) is 38.4. The van der Waals surface area contributed by atoms with Crippen LogP contribution in [0.25, 0.3) is 22.3 Å². The van der Waals surface area contributed by atoms with E-state index in [1.807, 2.05) is 12.1 Å². The number of halogens is 4. The van der Waals surface area contributed by atoms with Crippen molar-refractivity contribution in [1.82, 2.24) is 0 Å². The molecule has 0 nitrogen and oxygen atoms in total. The average molecular weight is 960 g/mol. The van der Waals surface area contributed by atoms with Crippen LogP contribution in [-0.4, -0.2) is 4.21 Å². The third-order valence-electron chi connectivity index (χ3n) is 14.5. The molecule has 318 valence electrons. The fourth-order valence-corrected chi connectivity index (χ4v) is 32.1. The molecule has 0 heterocycles. The van der Waals surface area contributed by atoms with Crippen molar-refractivity contribution in [3.63, 3.8) is 0 Å². The van der Waals surface area contributed by atoms with E-state index < -0.39 is 18.3 Å². The molecule has 4 aliphatic rings. The summed E-state index contributed by atoms with van der Waals surface area (Å²) in [6.07, 6.45) is 9.64. The molecule has 0 aromatic heterocycles. The molecule has 0 radical (unpaired) electrons. The first kappa shape index (κ1) is 47.2. The van der Waals surface area contributed by atoms with Crippen LogP contribution in [0.2, 0.25) is 10.0 Å². The van der Waals surface area contributed by atoms with Gasteiger partial charge in [0, 0.05) is 0 Å². The molecule has 1 unspecified atom stereocenters. The molecule has 4 aromatic rings. The van der Waals surface area contributed by atoms with Gasteiger partial charge in [-0.25, -0.2) is 0 Å². The van der Waals surface area contributed by atoms with E-state index in [4.69, 9.17) is 27.4 Å². The van der Waals surface area contributed by atoms with Gasteiger partial charge in [-0.05, 0) is 0 Å². The molecular weight excluding hydrogens is 894 g/mol. The number of hydrogen-bond donors (Lipinski definition) is 0. The van der Waals surface area contributed by atoms with Crippen LogP contribution < -0.4 is 6.54 Å². The third kappa shape index (κ3) is 6.80. The summed E-state index contributed by atoms with van der Waals surface area (Å²) in [6, 6.07) is 27.9. The van der Waals surface area contributed by atoms with E-state index >= 15 is 0 Å². The van der Waals surface area contributed by atoms with Crippen LogP contribution >= 0.6 is 48.0 Å². The van der Waals surface area contributed by atoms with Crippen LogP contribution in [0, 0.1) is 22.2 Å². The van der Waals surface area contributed by atoms with Gasteiger partial charge in [-0.1, -0.05) is 0 Å². The van der Waals surface area contributed by atoms with Crippen molar-refractivity contribution in [2.45, 2.75) is 121 Å². The van der Waals surface area contributed by atoms with Crippen LogP contribution in [0.4, 0.5) is 0 Å². The standard InChI is InChI=1S/C31H37.C11H17.2C6H4Cl.CH2.2ClH.Zr/c1-28(2,3)26-16-30(7,8)24-12-18-11-19-13-25-23(15-21(19)20(18)14-22(24)26)27(29(4,5)6)17-31(25,9)10;1-5-9-6-7-10(8-9)11(2,3)4;2*7-6-4-2-1-3-5-6;;;;/h12-16H,11H2,1-10H3;7-9H,5H2,1-4H3;2*1-2,4-5H;1H2;2*1H;. The Morgan fingerprint density at radius 3 is 1.65 bits per heavy atom. The third-order valence-corrected chi connectivity index (χ3v) is 32.1. The molecular formula is C55H66Cl4Zr. The number of allylic oxidation sites excluding steroid dienone is 8. The van der Waals surface area contributed by atoms with Crippen molar-refractivity contribution in [1.29, 1.82) is 0 Å². The summed E-state index contributed by atoms with van der Waals surface area (Å²) in [5.74, 6) is 0.233. The van der Waals surface area contributed by atoms with E-state index in [9.17, 15) is 0 Å². The maximum atomic E-state index is 7.14. The van der Waals surface area contributed by atoms with Crippen LogP contribution in [0.15, 0.2) is 103 Å². The normalized spacial score (nSPS) is 19.1. The van der Waals surface area contributed by atoms with Gasteiger partial charge < -0.3 is 0 Å². The van der Waals surface area contributed by atoms with E-state index in [-0.39, 0.29) is 57.8 Å². The summed E-state index contributed by atoms with van der Waals surface area (Å²) in [5.41, 5.74) is 15.2. The molecule has 8 rings (SSSR count). The zero-order valence-corrected chi connectivity index (χ0v) is 44.0. The van der Waals surface area contributed by atoms with Gasteiger partial charge in [0.05, 0.1) is 0 Å². The average Bonchev–Trinajstić information content (AvgIpc) is 3.85. The van der Waals surface area contributed by atoms with Gasteiger partial charge in [-0.15, -0.1) is 24.8 Å². The number of fused-ring (bicyclic) bond motifs is 5. The first-order valence-corrected chi connectivity index (χ1v) is 29.0. The Morgan fingerprint density at radius 2 is 1.18 bits per heavy atom. The Kier molecular flexibility index (Phi) is 11.7. The van der Waals surface area contributed by atoms with E-state index in [1.54, 1.807) is 0 Å². The number of benzene rings is 4. The quantitative estimate of drug-likeness (QED) is 0.165. The minimum absolute atomic E-state index is 0. The van der Waals surface area contributed by atoms with Gasteiger partial charge in [-0.3, -0.25) is 0 Å². The summed E-state index contributed by atoms with van der Waals surface area (Å²) >= 11 is 8.90. The molecule has 1 atom stereocenters. The summed E-state index contributed by atoms with van der Waals surface area (Å²) in [6.45, 7) is 33.5. The molecule has 0 amide bonds. The number of rotatable bonds is 5. The van der Waals surface area contributed by atoms with Gasteiger partial charge in [-0.2, -0.15) is 0 Å². The molecule has 5 heteroatoms. The molecule has 0 bridgehead atoms. The molecule has 0 N–H and O–H groups in total.